The van der Waals surface area contributed by atoms with E-state index in [4.69, 9.17) is 9.05 Å². The molecule has 1 atom stereocenters. The molecule has 0 amide bonds. The van der Waals surface area contributed by atoms with Crippen LogP contribution in [0.3, 0.4) is 0 Å². The molecule has 2 aromatic rings. The van der Waals surface area contributed by atoms with Gasteiger partial charge in [-0.2, -0.15) is 0 Å². The number of nitrogens with one attached hydrogen (secondary N) is 1. The Kier molecular flexibility index (Phi) is 6.70. The van der Waals surface area contributed by atoms with Crippen molar-refractivity contribution in [2.45, 2.75) is 45.7 Å². The van der Waals surface area contributed by atoms with Crippen molar-refractivity contribution in [2.24, 2.45) is 0 Å². The Hall–Kier alpha value is -2.01. The zero-order valence-corrected chi connectivity index (χ0v) is 16.3. The molecule has 6 nitrogen and oxygen atoms in total. The molecule has 0 aliphatic heterocycles. The van der Waals surface area contributed by atoms with E-state index in [1.54, 1.807) is 27.7 Å². The van der Waals surface area contributed by atoms with Crippen molar-refractivity contribution in [2.75, 3.05) is 5.32 Å². The van der Waals surface area contributed by atoms with Gasteiger partial charge in [-0.15, -0.1) is 0 Å². The van der Waals surface area contributed by atoms with Gasteiger partial charge in [0.05, 0.1) is 12.2 Å². The smallest absolute Gasteiger partial charge is 0.357 e. The number of hydrogen-bond acceptors (Lipinski definition) is 6. The minimum Gasteiger partial charge on any atom is -0.508 e. The zero-order valence-electron chi connectivity index (χ0n) is 15.4. The second-order valence-electron chi connectivity index (χ2n) is 6.50. The second kappa shape index (κ2) is 8.58. The Labute approximate surface area is 154 Å². The van der Waals surface area contributed by atoms with E-state index in [9.17, 15) is 14.8 Å². The summed E-state index contributed by atoms with van der Waals surface area (Å²) in [6.07, 6.45) is -0.696. The number of phenolic OH excluding ortho intramolecular Hbond substituents is 2. The normalized spacial score (nSPS) is 13.2. The topological polar surface area (TPSA) is 88.0 Å². The third-order valence-corrected chi connectivity index (χ3v) is 5.89. The average molecular weight is 379 g/mol. The predicted octanol–water partition coefficient (Wildman–Crippen LogP) is 5.25. The fourth-order valence-electron chi connectivity index (χ4n) is 2.52. The number of phenols is 2. The van der Waals surface area contributed by atoms with Crippen molar-refractivity contribution in [3.05, 3.63) is 54.1 Å². The maximum Gasteiger partial charge on any atom is 0.357 e. The summed E-state index contributed by atoms with van der Waals surface area (Å²) < 4.78 is 25.1. The predicted molar refractivity (Wildman–Crippen MR) is 103 cm³/mol. The van der Waals surface area contributed by atoms with E-state index in [0.29, 0.717) is 11.3 Å². The fraction of sp³-hybridized carbons (Fsp3) is 0.368. The summed E-state index contributed by atoms with van der Waals surface area (Å²) >= 11 is 0. The van der Waals surface area contributed by atoms with Gasteiger partial charge in [-0.05, 0) is 52.0 Å². The Morgan fingerprint density at radius 2 is 1.50 bits per heavy atom. The minimum absolute atomic E-state index is 0.0888. The summed E-state index contributed by atoms with van der Waals surface area (Å²) in [4.78, 5) is 0. The van der Waals surface area contributed by atoms with Gasteiger partial charge in [-0.1, -0.05) is 18.2 Å². The van der Waals surface area contributed by atoms with Crippen LogP contribution in [-0.2, 0) is 13.6 Å². The van der Waals surface area contributed by atoms with E-state index >= 15 is 0 Å². The van der Waals surface area contributed by atoms with E-state index in [1.165, 1.54) is 18.2 Å². The number of benzene rings is 2. The molecular formula is C19H26NO5P. The average Bonchev–Trinajstić information content (AvgIpc) is 2.52. The maximum atomic E-state index is 13.7. The fourth-order valence-corrected chi connectivity index (χ4v) is 4.85. The lowest BCUT2D eigenvalue weighted by Crippen LogP contribution is -2.19. The highest BCUT2D eigenvalue weighted by atomic mass is 31.2. The minimum atomic E-state index is -3.72. The van der Waals surface area contributed by atoms with Crippen LogP contribution < -0.4 is 5.32 Å². The highest BCUT2D eigenvalue weighted by molar-refractivity contribution is 7.54. The van der Waals surface area contributed by atoms with Crippen LogP contribution in [0, 0.1) is 0 Å². The molecule has 0 saturated carbocycles. The summed E-state index contributed by atoms with van der Waals surface area (Å²) in [5.41, 5.74) is 1.01. The van der Waals surface area contributed by atoms with Crippen LogP contribution in [0.4, 0.5) is 5.69 Å². The lowest BCUT2D eigenvalue weighted by molar-refractivity contribution is 0.137. The van der Waals surface area contributed by atoms with Gasteiger partial charge < -0.3 is 24.6 Å². The summed E-state index contributed by atoms with van der Waals surface area (Å²) in [6.45, 7) is 7.08. The van der Waals surface area contributed by atoms with Crippen LogP contribution in [0.25, 0.3) is 0 Å². The molecule has 0 fully saturated rings. The second-order valence-corrected chi connectivity index (χ2v) is 8.52. The lowest BCUT2D eigenvalue weighted by atomic mass is 10.2. The maximum absolute atomic E-state index is 13.7. The third-order valence-electron chi connectivity index (χ3n) is 3.42. The Morgan fingerprint density at radius 3 is 2.00 bits per heavy atom. The summed E-state index contributed by atoms with van der Waals surface area (Å²) in [5, 5.41) is 23.1. The quantitative estimate of drug-likeness (QED) is 0.543. The number of aromatic hydroxyl groups is 2. The third kappa shape index (κ3) is 5.24. The van der Waals surface area contributed by atoms with Gasteiger partial charge in [0.25, 0.3) is 0 Å². The van der Waals surface area contributed by atoms with E-state index in [0.717, 1.165) is 0 Å². The van der Waals surface area contributed by atoms with Crippen molar-refractivity contribution in [3.63, 3.8) is 0 Å². The van der Waals surface area contributed by atoms with Gasteiger partial charge in [0.2, 0.25) is 0 Å². The Morgan fingerprint density at radius 1 is 0.923 bits per heavy atom. The van der Waals surface area contributed by atoms with Crippen LogP contribution in [0.2, 0.25) is 0 Å². The van der Waals surface area contributed by atoms with Crippen LogP contribution in [0.15, 0.2) is 48.5 Å². The first-order chi connectivity index (χ1) is 12.2. The Balaban J connectivity index is 2.54. The first kappa shape index (κ1) is 20.3. The number of hydrogen-bond donors (Lipinski definition) is 3. The molecule has 26 heavy (non-hydrogen) atoms. The molecule has 142 valence electrons. The van der Waals surface area contributed by atoms with E-state index in [1.807, 2.05) is 30.3 Å². The van der Waals surface area contributed by atoms with Crippen LogP contribution in [-0.4, -0.2) is 22.4 Å². The Bertz CT molecular complexity index is 750. The van der Waals surface area contributed by atoms with Gasteiger partial charge in [0, 0.05) is 17.3 Å². The molecule has 0 heterocycles. The van der Waals surface area contributed by atoms with Crippen molar-refractivity contribution < 1.29 is 23.8 Å². The highest BCUT2D eigenvalue weighted by Crippen LogP contribution is 2.63. The molecule has 0 aliphatic rings. The van der Waals surface area contributed by atoms with Gasteiger partial charge >= 0.3 is 7.60 Å². The molecule has 0 aliphatic carbocycles. The zero-order chi connectivity index (χ0) is 19.3. The van der Waals surface area contributed by atoms with Crippen molar-refractivity contribution in [3.8, 4) is 11.5 Å². The summed E-state index contributed by atoms with van der Waals surface area (Å²) in [7, 11) is -3.72. The molecular weight excluding hydrogens is 353 g/mol. The van der Waals surface area contributed by atoms with Gasteiger partial charge in [0.1, 0.15) is 11.5 Å². The molecule has 2 rings (SSSR count). The molecule has 2 aromatic carbocycles. The molecule has 1 unspecified atom stereocenters. The van der Waals surface area contributed by atoms with Crippen LogP contribution in [0.1, 0.15) is 39.0 Å². The van der Waals surface area contributed by atoms with Crippen molar-refractivity contribution >= 4 is 13.3 Å². The first-order valence-corrected chi connectivity index (χ1v) is 10.1. The SMILES string of the molecule is CC(C)OP(=O)(OC(C)C)C(Nc1ccccc1)c1ccc(O)cc1O. The van der Waals surface area contributed by atoms with Crippen LogP contribution in [0.5, 0.6) is 11.5 Å². The van der Waals surface area contributed by atoms with Gasteiger partial charge in [-0.25, -0.2) is 0 Å². The lowest BCUT2D eigenvalue weighted by Gasteiger charge is -2.31. The van der Waals surface area contributed by atoms with Crippen LogP contribution >= 0.6 is 7.60 Å². The molecule has 7 heteroatoms. The first-order valence-electron chi connectivity index (χ1n) is 8.51. The number of anilines is 1. The highest BCUT2D eigenvalue weighted by Gasteiger charge is 2.40. The molecule has 0 spiro atoms. The monoisotopic (exact) mass is 379 g/mol. The van der Waals surface area contributed by atoms with Crippen molar-refractivity contribution in [1.29, 1.82) is 0 Å². The number of rotatable bonds is 8. The van der Waals surface area contributed by atoms with Gasteiger partial charge in [0.15, 0.2) is 5.78 Å². The van der Waals surface area contributed by atoms with Crippen molar-refractivity contribution in [1.82, 2.24) is 0 Å². The number of para-hydroxylation sites is 1. The van der Waals surface area contributed by atoms with E-state index in [2.05, 4.69) is 5.32 Å². The molecule has 0 radical (unpaired) electrons. The molecule has 0 bridgehead atoms. The summed E-state index contributed by atoms with van der Waals surface area (Å²) in [5.74, 6) is -1.23. The van der Waals surface area contributed by atoms with E-state index in [-0.39, 0.29) is 23.7 Å². The molecule has 3 N–H and O–H groups in total. The standard InChI is InChI=1S/C19H26NO5P/c1-13(2)24-26(23,25-14(3)4)19(20-15-8-6-5-7-9-15)17-11-10-16(21)12-18(17)22/h5-14,19-22H,1-4H3. The summed E-state index contributed by atoms with van der Waals surface area (Å²) in [6, 6.07) is 13.3. The molecule has 0 aromatic heterocycles. The van der Waals surface area contributed by atoms with Gasteiger partial charge in [-0.3, -0.25) is 4.57 Å². The van der Waals surface area contributed by atoms with E-state index < -0.39 is 13.4 Å². The largest absolute Gasteiger partial charge is 0.508 e. The molecule has 0 saturated heterocycles.